The molecule has 0 saturated carbocycles. The number of benzene rings is 2. The molecule has 0 bridgehead atoms. The molecule has 30 heavy (non-hydrogen) atoms. The normalized spacial score (nSPS) is 13.8. The maximum Gasteiger partial charge on any atom is 0.276 e. The van der Waals surface area contributed by atoms with Crippen LogP contribution in [0.4, 0.5) is 0 Å². The molecular weight excluding hydrogens is 382 g/mol. The predicted octanol–water partition coefficient (Wildman–Crippen LogP) is 2.84. The maximum absolute atomic E-state index is 13.2. The molecule has 0 N–H and O–H groups in total. The van der Waals surface area contributed by atoms with Gasteiger partial charge in [-0.2, -0.15) is 0 Å². The molecule has 4 rings (SSSR count). The van der Waals surface area contributed by atoms with Crippen LogP contribution >= 0.6 is 0 Å². The average Bonchev–Trinajstić information content (AvgIpc) is 3.30. The van der Waals surface area contributed by atoms with Crippen molar-refractivity contribution in [3.05, 3.63) is 78.0 Å². The molecule has 1 aromatic heterocycles. The van der Waals surface area contributed by atoms with Gasteiger partial charge in [-0.1, -0.05) is 65.8 Å². The Labute approximate surface area is 174 Å². The van der Waals surface area contributed by atoms with Gasteiger partial charge in [-0.3, -0.25) is 9.59 Å². The van der Waals surface area contributed by atoms with E-state index in [1.807, 2.05) is 60.7 Å². The van der Waals surface area contributed by atoms with Crippen LogP contribution in [0.3, 0.4) is 0 Å². The van der Waals surface area contributed by atoms with Crippen LogP contribution in [0.15, 0.2) is 71.3 Å². The molecule has 0 unspecified atom stereocenters. The second-order valence-corrected chi connectivity index (χ2v) is 7.08. The topological polar surface area (TPSA) is 75.9 Å². The van der Waals surface area contributed by atoms with Crippen LogP contribution < -0.4 is 0 Å². The van der Waals surface area contributed by atoms with Crippen LogP contribution in [-0.4, -0.2) is 59.6 Å². The van der Waals surface area contributed by atoms with E-state index in [2.05, 4.69) is 5.16 Å². The number of carbonyl (C=O) groups excluding carboxylic acids is 2. The van der Waals surface area contributed by atoms with Gasteiger partial charge in [0.05, 0.1) is 13.2 Å². The summed E-state index contributed by atoms with van der Waals surface area (Å²) in [5.74, 6) is 0.0684. The summed E-state index contributed by atoms with van der Waals surface area (Å²) in [5.41, 5.74) is 1.95. The third-order valence-corrected chi connectivity index (χ3v) is 4.98. The van der Waals surface area contributed by atoms with Gasteiger partial charge in [0.15, 0.2) is 11.5 Å². The van der Waals surface area contributed by atoms with E-state index in [1.54, 1.807) is 11.0 Å². The van der Waals surface area contributed by atoms with Gasteiger partial charge in [0.25, 0.3) is 5.91 Å². The van der Waals surface area contributed by atoms with Crippen LogP contribution in [-0.2, 0) is 16.1 Å². The van der Waals surface area contributed by atoms with Crippen molar-refractivity contribution in [3.8, 4) is 11.3 Å². The number of rotatable bonds is 6. The highest BCUT2D eigenvalue weighted by molar-refractivity contribution is 5.95. The lowest BCUT2D eigenvalue weighted by Gasteiger charge is -2.29. The minimum Gasteiger partial charge on any atom is -0.378 e. The molecule has 0 radical (unpaired) electrons. The Kier molecular flexibility index (Phi) is 6.20. The molecule has 2 heterocycles. The summed E-state index contributed by atoms with van der Waals surface area (Å²) in [5, 5.41) is 3.96. The Morgan fingerprint density at radius 3 is 2.33 bits per heavy atom. The molecule has 1 aliphatic heterocycles. The number of morpholine rings is 1. The van der Waals surface area contributed by atoms with Crippen molar-refractivity contribution in [2.24, 2.45) is 0 Å². The standard InChI is InChI=1S/C23H23N3O4/c27-22(25-11-13-29-14-12-25)17-26(16-18-7-3-1-4-8-18)23(28)20-15-21(30-24-20)19-9-5-2-6-10-19/h1-10,15H,11-14,16-17H2. The number of hydrogen-bond acceptors (Lipinski definition) is 5. The predicted molar refractivity (Wildman–Crippen MR) is 111 cm³/mol. The van der Waals surface area contributed by atoms with Gasteiger partial charge < -0.3 is 19.1 Å². The van der Waals surface area contributed by atoms with E-state index in [1.165, 1.54) is 4.90 Å². The zero-order chi connectivity index (χ0) is 20.8. The molecule has 1 fully saturated rings. The minimum absolute atomic E-state index is 0.0265. The molecule has 1 saturated heterocycles. The van der Waals surface area contributed by atoms with Crippen molar-refractivity contribution < 1.29 is 18.8 Å². The highest BCUT2D eigenvalue weighted by atomic mass is 16.5. The van der Waals surface area contributed by atoms with E-state index in [4.69, 9.17) is 9.26 Å². The van der Waals surface area contributed by atoms with E-state index in [0.29, 0.717) is 38.6 Å². The van der Waals surface area contributed by atoms with E-state index in [9.17, 15) is 9.59 Å². The van der Waals surface area contributed by atoms with E-state index >= 15 is 0 Å². The van der Waals surface area contributed by atoms with Gasteiger partial charge >= 0.3 is 0 Å². The molecule has 7 heteroatoms. The highest BCUT2D eigenvalue weighted by Crippen LogP contribution is 2.21. The molecule has 3 aromatic rings. The molecule has 0 atom stereocenters. The number of aromatic nitrogens is 1. The summed E-state index contributed by atoms with van der Waals surface area (Å²) in [4.78, 5) is 29.3. The lowest BCUT2D eigenvalue weighted by atomic mass is 10.1. The van der Waals surface area contributed by atoms with Gasteiger partial charge in [-0.15, -0.1) is 0 Å². The Hall–Kier alpha value is -3.45. The molecule has 0 spiro atoms. The number of nitrogens with zero attached hydrogens (tertiary/aromatic N) is 3. The number of hydrogen-bond donors (Lipinski definition) is 0. The van der Waals surface area contributed by atoms with Crippen LogP contribution in [0.25, 0.3) is 11.3 Å². The fraction of sp³-hybridized carbons (Fsp3) is 0.261. The molecule has 0 aliphatic carbocycles. The third-order valence-electron chi connectivity index (χ3n) is 4.98. The van der Waals surface area contributed by atoms with Crippen LogP contribution in [0, 0.1) is 0 Å². The van der Waals surface area contributed by atoms with Crippen LogP contribution in [0.1, 0.15) is 16.1 Å². The van der Waals surface area contributed by atoms with Gasteiger partial charge in [0.1, 0.15) is 6.54 Å². The zero-order valence-corrected chi connectivity index (χ0v) is 16.6. The fourth-order valence-electron chi connectivity index (χ4n) is 3.36. The molecular formula is C23H23N3O4. The molecule has 2 aromatic carbocycles. The third kappa shape index (κ3) is 4.75. The fourth-order valence-corrected chi connectivity index (χ4v) is 3.36. The van der Waals surface area contributed by atoms with Crippen LogP contribution in [0.5, 0.6) is 0 Å². The van der Waals surface area contributed by atoms with E-state index < -0.39 is 0 Å². The molecule has 154 valence electrons. The zero-order valence-electron chi connectivity index (χ0n) is 16.6. The Morgan fingerprint density at radius 1 is 0.967 bits per heavy atom. The summed E-state index contributed by atoms with van der Waals surface area (Å²) in [6, 6.07) is 20.7. The SMILES string of the molecule is O=C(CN(Cc1ccccc1)C(=O)c1cc(-c2ccccc2)on1)N1CCOCC1. The number of carbonyl (C=O) groups is 2. The first-order chi connectivity index (χ1) is 14.7. The smallest absolute Gasteiger partial charge is 0.276 e. The Morgan fingerprint density at radius 2 is 1.63 bits per heavy atom. The minimum atomic E-state index is -0.341. The molecule has 7 nitrogen and oxygen atoms in total. The van der Waals surface area contributed by atoms with Crippen molar-refractivity contribution in [3.63, 3.8) is 0 Å². The second kappa shape index (κ2) is 9.37. The summed E-state index contributed by atoms with van der Waals surface area (Å²) in [6.07, 6.45) is 0. The van der Waals surface area contributed by atoms with Crippen molar-refractivity contribution in [1.82, 2.24) is 15.0 Å². The van der Waals surface area contributed by atoms with Crippen molar-refractivity contribution in [2.75, 3.05) is 32.8 Å². The quantitative estimate of drug-likeness (QED) is 0.630. The van der Waals surface area contributed by atoms with E-state index in [0.717, 1.165) is 11.1 Å². The van der Waals surface area contributed by atoms with Crippen LogP contribution in [0.2, 0.25) is 0 Å². The molecule has 2 amide bonds. The summed E-state index contributed by atoms with van der Waals surface area (Å²) in [6.45, 7) is 2.39. The Balaban J connectivity index is 1.54. The number of ether oxygens (including phenoxy) is 1. The van der Waals surface area contributed by atoms with Crippen molar-refractivity contribution in [2.45, 2.75) is 6.54 Å². The number of amides is 2. The van der Waals surface area contributed by atoms with E-state index in [-0.39, 0.29) is 24.1 Å². The largest absolute Gasteiger partial charge is 0.378 e. The first kappa shape index (κ1) is 19.8. The second-order valence-electron chi connectivity index (χ2n) is 7.08. The first-order valence-electron chi connectivity index (χ1n) is 9.91. The van der Waals surface area contributed by atoms with Gasteiger partial charge in [-0.05, 0) is 5.56 Å². The van der Waals surface area contributed by atoms with Gasteiger partial charge in [0.2, 0.25) is 5.91 Å². The summed E-state index contributed by atoms with van der Waals surface area (Å²) < 4.78 is 10.7. The van der Waals surface area contributed by atoms with Crippen molar-refractivity contribution in [1.29, 1.82) is 0 Å². The molecule has 1 aliphatic rings. The maximum atomic E-state index is 13.2. The first-order valence-corrected chi connectivity index (χ1v) is 9.91. The lowest BCUT2D eigenvalue weighted by Crippen LogP contribution is -2.47. The monoisotopic (exact) mass is 405 g/mol. The average molecular weight is 405 g/mol. The highest BCUT2D eigenvalue weighted by Gasteiger charge is 2.26. The van der Waals surface area contributed by atoms with Gasteiger partial charge in [0, 0.05) is 31.3 Å². The van der Waals surface area contributed by atoms with Crippen molar-refractivity contribution >= 4 is 11.8 Å². The summed E-state index contributed by atoms with van der Waals surface area (Å²) in [7, 11) is 0. The summed E-state index contributed by atoms with van der Waals surface area (Å²) >= 11 is 0. The Bertz CT molecular complexity index is 982. The lowest BCUT2D eigenvalue weighted by molar-refractivity contribution is -0.136. The van der Waals surface area contributed by atoms with Gasteiger partial charge in [-0.25, -0.2) is 0 Å².